The van der Waals surface area contributed by atoms with Crippen molar-refractivity contribution in [1.82, 2.24) is 21.3 Å². The van der Waals surface area contributed by atoms with Gasteiger partial charge in [0.1, 0.15) is 12.1 Å². The molecule has 2 unspecified atom stereocenters. The van der Waals surface area contributed by atoms with Crippen molar-refractivity contribution < 1.29 is 19.2 Å². The maximum Gasteiger partial charge on any atom is 0.290 e. The molecular formula is C26H41ClN4O4. The molecule has 35 heavy (non-hydrogen) atoms. The Morgan fingerprint density at radius 3 is 2.11 bits per heavy atom. The highest BCUT2D eigenvalue weighted by Crippen LogP contribution is 2.14. The molecule has 0 bridgehead atoms. The second-order valence-corrected chi connectivity index (χ2v) is 10.5. The third-order valence-electron chi connectivity index (χ3n) is 5.68. The molecule has 3 amide bonds. The van der Waals surface area contributed by atoms with Crippen LogP contribution in [-0.2, 0) is 25.6 Å². The number of halogens is 1. The summed E-state index contributed by atoms with van der Waals surface area (Å²) in [7, 11) is 0. The van der Waals surface area contributed by atoms with E-state index in [1.54, 1.807) is 20.8 Å². The van der Waals surface area contributed by atoms with Crippen molar-refractivity contribution >= 4 is 35.9 Å². The van der Waals surface area contributed by atoms with Crippen LogP contribution in [0, 0.1) is 11.8 Å². The van der Waals surface area contributed by atoms with Crippen LogP contribution in [0.3, 0.4) is 0 Å². The van der Waals surface area contributed by atoms with Crippen LogP contribution in [0.1, 0.15) is 59.4 Å². The Bertz CT molecular complexity index is 849. The Labute approximate surface area is 215 Å². The predicted octanol–water partition coefficient (Wildman–Crippen LogP) is 2.15. The lowest BCUT2D eigenvalue weighted by atomic mass is 9.95. The van der Waals surface area contributed by atoms with Gasteiger partial charge in [-0.3, -0.25) is 19.2 Å². The molecule has 1 aromatic rings. The van der Waals surface area contributed by atoms with Crippen molar-refractivity contribution in [3.05, 3.63) is 35.9 Å². The Morgan fingerprint density at radius 2 is 1.57 bits per heavy atom. The highest BCUT2D eigenvalue weighted by molar-refractivity contribution is 6.38. The Kier molecular flexibility index (Phi) is 12.4. The van der Waals surface area contributed by atoms with Gasteiger partial charge in [0.2, 0.25) is 17.6 Å². The van der Waals surface area contributed by atoms with E-state index in [0.717, 1.165) is 31.5 Å². The highest BCUT2D eigenvalue weighted by atomic mass is 35.5. The van der Waals surface area contributed by atoms with Gasteiger partial charge in [-0.15, -0.1) is 12.4 Å². The van der Waals surface area contributed by atoms with Gasteiger partial charge in [0.15, 0.2) is 0 Å². The number of ketones is 1. The van der Waals surface area contributed by atoms with E-state index in [1.165, 1.54) is 0 Å². The van der Waals surface area contributed by atoms with Gasteiger partial charge in [-0.05, 0) is 64.6 Å². The molecule has 4 N–H and O–H groups in total. The van der Waals surface area contributed by atoms with Crippen molar-refractivity contribution in [2.24, 2.45) is 11.8 Å². The van der Waals surface area contributed by atoms with Crippen LogP contribution < -0.4 is 21.3 Å². The van der Waals surface area contributed by atoms with Crippen LogP contribution in [0.25, 0.3) is 0 Å². The summed E-state index contributed by atoms with van der Waals surface area (Å²) < 4.78 is 0. The van der Waals surface area contributed by atoms with Crippen molar-refractivity contribution in [1.29, 1.82) is 0 Å². The first-order valence-electron chi connectivity index (χ1n) is 12.2. The molecule has 9 heteroatoms. The molecule has 0 aromatic heterocycles. The smallest absolute Gasteiger partial charge is 0.290 e. The number of piperidine rings is 1. The van der Waals surface area contributed by atoms with Crippen molar-refractivity contribution in [3.8, 4) is 0 Å². The summed E-state index contributed by atoms with van der Waals surface area (Å²) in [6, 6.07) is 7.42. The van der Waals surface area contributed by atoms with E-state index in [0.29, 0.717) is 6.42 Å². The molecule has 1 fully saturated rings. The summed E-state index contributed by atoms with van der Waals surface area (Å²) in [5.74, 6) is -2.03. The minimum absolute atomic E-state index is 0. The van der Waals surface area contributed by atoms with E-state index in [2.05, 4.69) is 21.3 Å². The van der Waals surface area contributed by atoms with Crippen LogP contribution in [-0.4, -0.2) is 54.2 Å². The number of carbonyl (C=O) groups excluding carboxylic acids is 4. The van der Waals surface area contributed by atoms with Gasteiger partial charge in [-0.1, -0.05) is 44.2 Å². The number of hydrogen-bond donors (Lipinski definition) is 4. The van der Waals surface area contributed by atoms with Crippen LogP contribution in [0.2, 0.25) is 0 Å². The lowest BCUT2D eigenvalue weighted by Gasteiger charge is -2.27. The molecule has 0 radical (unpaired) electrons. The molecule has 1 heterocycles. The van der Waals surface area contributed by atoms with E-state index in [-0.39, 0.29) is 36.6 Å². The third-order valence-corrected chi connectivity index (χ3v) is 5.68. The summed E-state index contributed by atoms with van der Waals surface area (Å²) in [6.07, 6.45) is 2.07. The number of carbonyl (C=O) groups is 4. The van der Waals surface area contributed by atoms with Gasteiger partial charge in [-0.2, -0.15) is 0 Å². The summed E-state index contributed by atoms with van der Waals surface area (Å²) in [6.45, 7) is 10.9. The van der Waals surface area contributed by atoms with Gasteiger partial charge in [0, 0.05) is 17.9 Å². The summed E-state index contributed by atoms with van der Waals surface area (Å²) in [4.78, 5) is 51.8. The van der Waals surface area contributed by atoms with E-state index >= 15 is 0 Å². The normalized spacial score (nSPS) is 15.9. The van der Waals surface area contributed by atoms with Crippen molar-refractivity contribution in [2.75, 3.05) is 13.1 Å². The van der Waals surface area contributed by atoms with E-state index in [9.17, 15) is 19.2 Å². The Hall–Kier alpha value is -2.45. The van der Waals surface area contributed by atoms with Crippen molar-refractivity contribution in [3.63, 3.8) is 0 Å². The molecule has 1 saturated heterocycles. The van der Waals surface area contributed by atoms with Gasteiger partial charge >= 0.3 is 0 Å². The van der Waals surface area contributed by atoms with E-state index < -0.39 is 35.2 Å². The number of nitrogens with one attached hydrogen (secondary N) is 4. The first-order valence-corrected chi connectivity index (χ1v) is 12.2. The topological polar surface area (TPSA) is 116 Å². The number of Topliss-reactive ketones (excluding diaryl/α,β-unsaturated/α-hetero) is 1. The predicted molar refractivity (Wildman–Crippen MR) is 139 cm³/mol. The van der Waals surface area contributed by atoms with Gasteiger partial charge in [0.05, 0.1) is 0 Å². The minimum Gasteiger partial charge on any atom is -0.345 e. The zero-order valence-electron chi connectivity index (χ0n) is 21.5. The van der Waals surface area contributed by atoms with E-state index in [4.69, 9.17) is 0 Å². The molecule has 0 aliphatic carbocycles. The molecule has 2 rings (SSSR count). The lowest BCUT2D eigenvalue weighted by molar-refractivity contribution is -0.141. The average Bonchev–Trinajstić information content (AvgIpc) is 2.77. The van der Waals surface area contributed by atoms with Crippen LogP contribution in [0.4, 0.5) is 0 Å². The monoisotopic (exact) mass is 508 g/mol. The molecule has 1 aliphatic heterocycles. The summed E-state index contributed by atoms with van der Waals surface area (Å²) in [5.41, 5.74) is 0.237. The summed E-state index contributed by atoms with van der Waals surface area (Å²) in [5, 5.41) is 11.6. The molecule has 8 nitrogen and oxygen atoms in total. The number of hydrogen-bond acceptors (Lipinski definition) is 5. The fourth-order valence-electron chi connectivity index (χ4n) is 3.97. The summed E-state index contributed by atoms with van der Waals surface area (Å²) >= 11 is 0. The number of amides is 3. The molecule has 0 spiro atoms. The fraction of sp³-hybridized carbons (Fsp3) is 0.615. The average molecular weight is 509 g/mol. The molecule has 0 saturated carbocycles. The van der Waals surface area contributed by atoms with Gasteiger partial charge in [-0.25, -0.2) is 0 Å². The third kappa shape index (κ3) is 10.8. The molecule has 196 valence electrons. The standard InChI is InChI=1S/C26H40N4O4.ClH/c1-17(2)15-21(29-23(32)19-11-13-27-14-12-19)24(33)28-20(16-18-9-7-6-8-10-18)22(31)25(34)30-26(3,4)5;/h6-10,17,19-21,27H,11-16H2,1-5H3,(H,28,33)(H,29,32)(H,30,34);1H. The van der Waals surface area contributed by atoms with Crippen molar-refractivity contribution in [2.45, 2.75) is 77.9 Å². The number of rotatable bonds is 10. The molecule has 1 aliphatic rings. The fourth-order valence-corrected chi connectivity index (χ4v) is 3.97. The Morgan fingerprint density at radius 1 is 0.971 bits per heavy atom. The van der Waals surface area contributed by atoms with Crippen LogP contribution >= 0.6 is 12.4 Å². The molecule has 1 aromatic carbocycles. The first kappa shape index (κ1) is 30.6. The largest absolute Gasteiger partial charge is 0.345 e. The zero-order valence-corrected chi connectivity index (χ0v) is 22.3. The lowest BCUT2D eigenvalue weighted by Crippen LogP contribution is -2.57. The highest BCUT2D eigenvalue weighted by Gasteiger charge is 2.33. The maximum absolute atomic E-state index is 13.3. The Balaban J connectivity index is 0.00000612. The SMILES string of the molecule is CC(C)CC(NC(=O)C1CCNCC1)C(=O)NC(Cc1ccccc1)C(=O)C(=O)NC(C)(C)C.Cl. The zero-order chi connectivity index (χ0) is 25.3. The van der Waals surface area contributed by atoms with Crippen LogP contribution in [0.15, 0.2) is 30.3 Å². The quantitative estimate of drug-likeness (QED) is 0.361. The second kappa shape index (κ2) is 14.2. The number of benzene rings is 1. The van der Waals surface area contributed by atoms with E-state index in [1.807, 2.05) is 44.2 Å². The molecular weight excluding hydrogens is 468 g/mol. The maximum atomic E-state index is 13.3. The first-order chi connectivity index (χ1) is 16.0. The van der Waals surface area contributed by atoms with Gasteiger partial charge < -0.3 is 21.3 Å². The second-order valence-electron chi connectivity index (χ2n) is 10.5. The minimum atomic E-state index is -1.04. The van der Waals surface area contributed by atoms with Gasteiger partial charge in [0.25, 0.3) is 5.91 Å². The molecule has 2 atom stereocenters. The van der Waals surface area contributed by atoms with Crippen LogP contribution in [0.5, 0.6) is 0 Å².